The third kappa shape index (κ3) is 4.01. The smallest absolute Gasteiger partial charge is 0.173 e. The fourth-order valence-corrected chi connectivity index (χ4v) is 1.85. The fraction of sp³-hybridized carbons (Fsp3) is 1.00. The monoisotopic (exact) mass is 230 g/mol. The highest BCUT2D eigenvalue weighted by molar-refractivity contribution is 4.82. The lowest BCUT2D eigenvalue weighted by Crippen LogP contribution is -2.52. The molecule has 0 aliphatic carbocycles. The summed E-state index contributed by atoms with van der Waals surface area (Å²) >= 11 is 0. The lowest BCUT2D eigenvalue weighted by molar-refractivity contribution is -0.244. The Labute approximate surface area is 98.9 Å². The summed E-state index contributed by atoms with van der Waals surface area (Å²) in [5.41, 5.74) is 5.80. The van der Waals surface area contributed by atoms with Crippen molar-refractivity contribution in [2.24, 2.45) is 5.73 Å². The van der Waals surface area contributed by atoms with Crippen LogP contribution in [-0.4, -0.2) is 37.1 Å². The standard InChI is InChI=1S/C12H26N2O2/c1-8(14-5)10-7-6-9(13)11(15-10)16-12(2,3)4/h8-11,14H,6-7,13H2,1-5H3/t8?,9-,10?,11-/m1/s1. The van der Waals surface area contributed by atoms with E-state index in [0.29, 0.717) is 6.04 Å². The molecule has 0 radical (unpaired) electrons. The molecule has 4 nitrogen and oxygen atoms in total. The Kier molecular flexibility index (Phi) is 4.73. The highest BCUT2D eigenvalue weighted by Crippen LogP contribution is 2.24. The van der Waals surface area contributed by atoms with Gasteiger partial charge in [0.1, 0.15) is 0 Å². The topological polar surface area (TPSA) is 56.5 Å². The molecule has 0 aromatic heterocycles. The predicted octanol–water partition coefficient (Wildman–Crippen LogP) is 1.24. The first-order valence-electron chi connectivity index (χ1n) is 6.09. The summed E-state index contributed by atoms with van der Waals surface area (Å²) in [6, 6.07) is 0.318. The van der Waals surface area contributed by atoms with E-state index in [0.717, 1.165) is 12.8 Å². The summed E-state index contributed by atoms with van der Waals surface area (Å²) in [5, 5.41) is 3.21. The Morgan fingerprint density at radius 1 is 1.38 bits per heavy atom. The van der Waals surface area contributed by atoms with E-state index in [2.05, 4.69) is 12.2 Å². The molecule has 0 spiro atoms. The lowest BCUT2D eigenvalue weighted by atomic mass is 9.99. The van der Waals surface area contributed by atoms with Crippen molar-refractivity contribution in [3.05, 3.63) is 0 Å². The number of hydrogen-bond acceptors (Lipinski definition) is 4. The van der Waals surface area contributed by atoms with Gasteiger partial charge in [0.05, 0.1) is 17.7 Å². The highest BCUT2D eigenvalue weighted by Gasteiger charge is 2.34. The second-order valence-corrected chi connectivity index (χ2v) is 5.59. The van der Waals surface area contributed by atoms with Gasteiger partial charge < -0.3 is 20.5 Å². The average molecular weight is 230 g/mol. The van der Waals surface area contributed by atoms with Crippen molar-refractivity contribution in [1.29, 1.82) is 0 Å². The van der Waals surface area contributed by atoms with Crippen LogP contribution in [0.15, 0.2) is 0 Å². The van der Waals surface area contributed by atoms with Crippen molar-refractivity contribution in [2.75, 3.05) is 7.05 Å². The van der Waals surface area contributed by atoms with Gasteiger partial charge in [-0.2, -0.15) is 0 Å². The lowest BCUT2D eigenvalue weighted by Gasteiger charge is -2.39. The molecule has 0 saturated carbocycles. The molecule has 96 valence electrons. The number of likely N-dealkylation sites (N-methyl/N-ethyl adjacent to an activating group) is 1. The quantitative estimate of drug-likeness (QED) is 0.766. The van der Waals surface area contributed by atoms with Gasteiger partial charge in [-0.15, -0.1) is 0 Å². The molecule has 1 aliphatic heterocycles. The van der Waals surface area contributed by atoms with Crippen LogP contribution in [0.5, 0.6) is 0 Å². The minimum atomic E-state index is -0.283. The zero-order valence-corrected chi connectivity index (χ0v) is 11.1. The fourth-order valence-electron chi connectivity index (χ4n) is 1.85. The van der Waals surface area contributed by atoms with Crippen LogP contribution in [0, 0.1) is 0 Å². The Morgan fingerprint density at radius 3 is 2.50 bits per heavy atom. The largest absolute Gasteiger partial charge is 0.346 e. The van der Waals surface area contributed by atoms with Gasteiger partial charge in [-0.1, -0.05) is 0 Å². The first-order valence-corrected chi connectivity index (χ1v) is 6.09. The summed E-state index contributed by atoms with van der Waals surface area (Å²) in [4.78, 5) is 0. The van der Waals surface area contributed by atoms with Crippen molar-refractivity contribution in [1.82, 2.24) is 5.32 Å². The van der Waals surface area contributed by atoms with E-state index in [-0.39, 0.29) is 24.0 Å². The van der Waals surface area contributed by atoms with E-state index in [1.807, 2.05) is 27.8 Å². The molecule has 1 saturated heterocycles. The van der Waals surface area contributed by atoms with E-state index in [1.165, 1.54) is 0 Å². The molecule has 4 atom stereocenters. The number of nitrogens with two attached hydrogens (primary N) is 1. The molecule has 0 bridgehead atoms. The van der Waals surface area contributed by atoms with Gasteiger partial charge in [0.2, 0.25) is 0 Å². The normalized spacial score (nSPS) is 33.8. The van der Waals surface area contributed by atoms with Crippen molar-refractivity contribution < 1.29 is 9.47 Å². The van der Waals surface area contributed by atoms with Gasteiger partial charge in [-0.25, -0.2) is 0 Å². The first kappa shape index (κ1) is 13.9. The van der Waals surface area contributed by atoms with Crippen molar-refractivity contribution in [2.45, 2.75) is 70.6 Å². The molecular weight excluding hydrogens is 204 g/mol. The van der Waals surface area contributed by atoms with E-state index in [4.69, 9.17) is 15.2 Å². The second-order valence-electron chi connectivity index (χ2n) is 5.59. The van der Waals surface area contributed by atoms with Crippen molar-refractivity contribution >= 4 is 0 Å². The van der Waals surface area contributed by atoms with Crippen LogP contribution in [0.2, 0.25) is 0 Å². The Balaban J connectivity index is 2.55. The maximum atomic E-state index is 6.02. The van der Waals surface area contributed by atoms with Crippen LogP contribution in [-0.2, 0) is 9.47 Å². The van der Waals surface area contributed by atoms with Crippen molar-refractivity contribution in [3.63, 3.8) is 0 Å². The van der Waals surface area contributed by atoms with Gasteiger partial charge >= 0.3 is 0 Å². The molecule has 4 heteroatoms. The van der Waals surface area contributed by atoms with Crippen molar-refractivity contribution in [3.8, 4) is 0 Å². The zero-order chi connectivity index (χ0) is 12.3. The van der Waals surface area contributed by atoms with Gasteiger partial charge in [0.15, 0.2) is 6.29 Å². The molecule has 16 heavy (non-hydrogen) atoms. The maximum Gasteiger partial charge on any atom is 0.173 e. The molecule has 0 aromatic carbocycles. The van der Waals surface area contributed by atoms with Gasteiger partial charge in [0, 0.05) is 6.04 Å². The van der Waals surface area contributed by atoms with E-state index >= 15 is 0 Å². The SMILES string of the molecule is CNC(C)C1CC[C@@H](N)[C@@H](OC(C)(C)C)O1. The number of ether oxygens (including phenoxy) is 2. The molecule has 0 amide bonds. The summed E-state index contributed by atoms with van der Waals surface area (Å²) in [7, 11) is 1.95. The van der Waals surface area contributed by atoms with Gasteiger partial charge in [0.25, 0.3) is 0 Å². The summed E-state index contributed by atoms with van der Waals surface area (Å²) < 4.78 is 11.8. The molecule has 0 aromatic rings. The number of rotatable bonds is 3. The molecule has 1 fully saturated rings. The number of nitrogens with one attached hydrogen (secondary N) is 1. The second kappa shape index (κ2) is 5.45. The maximum absolute atomic E-state index is 6.02. The van der Waals surface area contributed by atoms with Gasteiger partial charge in [-0.05, 0) is 47.6 Å². The van der Waals surface area contributed by atoms with Crippen LogP contribution in [0.25, 0.3) is 0 Å². The van der Waals surface area contributed by atoms with Crippen LogP contribution >= 0.6 is 0 Å². The molecule has 3 N–H and O–H groups in total. The minimum absolute atomic E-state index is 0.0143. The summed E-state index contributed by atoms with van der Waals surface area (Å²) in [6.45, 7) is 8.19. The van der Waals surface area contributed by atoms with Crippen LogP contribution in [0.4, 0.5) is 0 Å². The molecular formula is C12H26N2O2. The van der Waals surface area contributed by atoms with Crippen LogP contribution in [0.3, 0.4) is 0 Å². The zero-order valence-electron chi connectivity index (χ0n) is 11.1. The minimum Gasteiger partial charge on any atom is -0.346 e. The van der Waals surface area contributed by atoms with E-state index < -0.39 is 0 Å². The summed E-state index contributed by atoms with van der Waals surface area (Å²) in [6.07, 6.45) is 1.86. The predicted molar refractivity (Wildman–Crippen MR) is 65.2 cm³/mol. The van der Waals surface area contributed by atoms with E-state index in [9.17, 15) is 0 Å². The average Bonchev–Trinajstić information content (AvgIpc) is 2.18. The Bertz CT molecular complexity index is 216. The van der Waals surface area contributed by atoms with E-state index in [1.54, 1.807) is 0 Å². The third-order valence-corrected chi connectivity index (χ3v) is 2.93. The molecule has 1 heterocycles. The van der Waals surface area contributed by atoms with Gasteiger partial charge in [-0.3, -0.25) is 0 Å². The molecule has 1 aliphatic rings. The summed E-state index contributed by atoms with van der Waals surface area (Å²) in [5.74, 6) is 0. The van der Waals surface area contributed by atoms with Crippen LogP contribution < -0.4 is 11.1 Å². The third-order valence-electron chi connectivity index (χ3n) is 2.93. The molecule has 1 rings (SSSR count). The Hall–Kier alpha value is -0.160. The first-order chi connectivity index (χ1) is 7.33. The van der Waals surface area contributed by atoms with Crippen LogP contribution in [0.1, 0.15) is 40.5 Å². The molecule has 2 unspecified atom stereocenters. The Morgan fingerprint density at radius 2 is 2.00 bits per heavy atom. The number of hydrogen-bond donors (Lipinski definition) is 2. The highest BCUT2D eigenvalue weighted by atomic mass is 16.7.